The first-order valence-electron chi connectivity index (χ1n) is 3.00. The van der Waals surface area contributed by atoms with E-state index in [9.17, 15) is 12.2 Å². The van der Waals surface area contributed by atoms with Crippen LogP contribution < -0.4 is 9.49 Å². The molecule has 0 unspecified atom stereocenters. The molecule has 0 fully saturated rings. The molecule has 0 amide bonds. The van der Waals surface area contributed by atoms with Gasteiger partial charge in [-0.15, -0.1) is 0 Å². The molecule has 0 radical (unpaired) electrons. The second-order valence-electron chi connectivity index (χ2n) is 2.13. The summed E-state index contributed by atoms with van der Waals surface area (Å²) in [7, 11) is -3.62. The van der Waals surface area contributed by atoms with Gasteiger partial charge in [-0.2, -0.15) is 0 Å². The number of benzene rings is 1. The van der Waals surface area contributed by atoms with E-state index in [-0.39, 0.29) is 4.90 Å². The summed E-state index contributed by atoms with van der Waals surface area (Å²) < 4.78 is 32.5. The second kappa shape index (κ2) is 3.47. The van der Waals surface area contributed by atoms with E-state index in [1.54, 1.807) is 0 Å². The molecule has 1 aromatic rings. The van der Waals surface area contributed by atoms with Crippen LogP contribution in [0, 0.1) is 0 Å². The van der Waals surface area contributed by atoms with Gasteiger partial charge in [-0.05, 0) is 0 Å². The van der Waals surface area contributed by atoms with Crippen LogP contribution in [0.5, 0.6) is 0 Å². The van der Waals surface area contributed by atoms with Gasteiger partial charge in [-0.1, -0.05) is 0 Å². The average Bonchev–Trinajstić information content (AvgIpc) is 2.03. The van der Waals surface area contributed by atoms with Gasteiger partial charge in [0, 0.05) is 0 Å². The van der Waals surface area contributed by atoms with E-state index in [4.69, 9.17) is 5.14 Å². The van der Waals surface area contributed by atoms with Crippen LogP contribution in [0.3, 0.4) is 0 Å². The van der Waals surface area contributed by atoms with Crippen LogP contribution in [0.25, 0.3) is 0 Å². The number of hydrogen-bond acceptors (Lipinski definition) is 3. The molecule has 0 saturated heterocycles. The van der Waals surface area contributed by atoms with Crippen molar-refractivity contribution in [3.8, 4) is 0 Å². The third-order valence-corrected chi connectivity index (χ3v) is 3.27. The summed E-state index contributed by atoms with van der Waals surface area (Å²) in [4.78, 5) is 0.0425. The van der Waals surface area contributed by atoms with Gasteiger partial charge in [0.25, 0.3) is 0 Å². The Kier molecular flexibility index (Phi) is 2.77. The molecule has 64 valence electrons. The zero-order valence-electron chi connectivity index (χ0n) is 5.97. The number of nitrogens with two attached hydrogens (primary N) is 1. The van der Waals surface area contributed by atoms with Crippen LogP contribution in [0.1, 0.15) is 0 Å². The molecule has 6 heteroatoms. The Balaban J connectivity index is 3.17. The van der Waals surface area contributed by atoms with Gasteiger partial charge in [-0.25, -0.2) is 0 Å². The van der Waals surface area contributed by atoms with E-state index < -0.39 is 25.7 Å². The predicted octanol–water partition coefficient (Wildman–Crippen LogP) is -0.991. The van der Waals surface area contributed by atoms with E-state index in [1.165, 1.54) is 24.3 Å². The molecule has 1 aromatic carbocycles. The molecule has 0 aromatic heterocycles. The molecule has 0 bridgehead atoms. The zero-order valence-corrected chi connectivity index (χ0v) is 8.66. The van der Waals surface area contributed by atoms with Gasteiger partial charge < -0.3 is 0 Å². The summed E-state index contributed by atoms with van der Waals surface area (Å²) in [5.41, 5.74) is 0. The van der Waals surface area contributed by atoms with Crippen molar-refractivity contribution >= 4 is 30.1 Å². The summed E-state index contributed by atoms with van der Waals surface area (Å²) in [5, 5.41) is 4.85. The summed E-state index contributed by atoms with van der Waals surface area (Å²) in [5.74, 6) is 0. The third-order valence-electron chi connectivity index (χ3n) is 1.27. The third kappa shape index (κ3) is 2.24. The van der Waals surface area contributed by atoms with E-state index in [2.05, 4.69) is 0 Å². The minimum atomic E-state index is -3.62. The van der Waals surface area contributed by atoms with Crippen LogP contribution in [0.15, 0.2) is 29.2 Å². The fourth-order valence-corrected chi connectivity index (χ4v) is 1.78. The SMILES string of the molecule is NS(=O)(=O)c1ccc([As]=O)cc1. The molecule has 0 atom stereocenters. The molecular formula is C6H6AsNO3S. The number of primary sulfonamides is 1. The molecule has 0 spiro atoms. The standard InChI is InChI=1S/C6H6AsNO3S/c8-12(10,11)6-3-1-5(7-9)2-4-6/h1-4H,(H2,8,10,11). The maximum atomic E-state index is 10.7. The van der Waals surface area contributed by atoms with Crippen LogP contribution in [-0.4, -0.2) is 24.1 Å². The average molecular weight is 247 g/mol. The van der Waals surface area contributed by atoms with Gasteiger partial charge in [0.2, 0.25) is 0 Å². The number of sulfonamides is 1. The Morgan fingerprint density at radius 1 is 1.17 bits per heavy atom. The van der Waals surface area contributed by atoms with Crippen LogP contribution in [-0.2, 0) is 13.8 Å². The Morgan fingerprint density at radius 3 is 2.00 bits per heavy atom. The van der Waals surface area contributed by atoms with Crippen LogP contribution in [0.2, 0.25) is 0 Å². The molecule has 2 N–H and O–H groups in total. The van der Waals surface area contributed by atoms with Crippen molar-refractivity contribution in [1.82, 2.24) is 0 Å². The van der Waals surface area contributed by atoms with Gasteiger partial charge in [0.15, 0.2) is 0 Å². The van der Waals surface area contributed by atoms with Crippen LogP contribution >= 0.6 is 0 Å². The van der Waals surface area contributed by atoms with Crippen molar-refractivity contribution in [2.75, 3.05) is 0 Å². The molecule has 12 heavy (non-hydrogen) atoms. The first kappa shape index (κ1) is 9.58. The van der Waals surface area contributed by atoms with E-state index in [0.29, 0.717) is 4.35 Å². The molecule has 0 aliphatic heterocycles. The van der Waals surface area contributed by atoms with Crippen LogP contribution in [0.4, 0.5) is 0 Å². The zero-order chi connectivity index (χ0) is 9.19. The molecule has 0 heterocycles. The van der Waals surface area contributed by atoms with Crippen molar-refractivity contribution in [3.05, 3.63) is 24.3 Å². The molecule has 0 aliphatic carbocycles. The van der Waals surface area contributed by atoms with Gasteiger partial charge in [0.05, 0.1) is 0 Å². The predicted molar refractivity (Wildman–Crippen MR) is 43.9 cm³/mol. The molecule has 1 rings (SSSR count). The normalized spacial score (nSPS) is 11.8. The maximum absolute atomic E-state index is 10.7. The van der Waals surface area contributed by atoms with Crippen molar-refractivity contribution in [3.63, 3.8) is 0 Å². The molecule has 0 aliphatic rings. The van der Waals surface area contributed by atoms with Gasteiger partial charge >= 0.3 is 76.5 Å². The Hall–Kier alpha value is -0.512. The fourth-order valence-electron chi connectivity index (χ4n) is 0.697. The first-order valence-corrected chi connectivity index (χ1v) is 6.25. The van der Waals surface area contributed by atoms with Crippen molar-refractivity contribution in [2.24, 2.45) is 5.14 Å². The van der Waals surface area contributed by atoms with E-state index in [1.807, 2.05) is 0 Å². The number of hydrogen-bond donors (Lipinski definition) is 1. The number of rotatable bonds is 2. The Labute approximate surface area is 76.7 Å². The van der Waals surface area contributed by atoms with E-state index in [0.717, 1.165) is 0 Å². The second-order valence-corrected chi connectivity index (χ2v) is 5.16. The van der Waals surface area contributed by atoms with Gasteiger partial charge in [-0.3, -0.25) is 0 Å². The summed E-state index contributed by atoms with van der Waals surface area (Å²) in [6.07, 6.45) is 0. The Morgan fingerprint density at radius 2 is 1.67 bits per heavy atom. The van der Waals surface area contributed by atoms with Crippen molar-refractivity contribution in [2.45, 2.75) is 4.90 Å². The van der Waals surface area contributed by atoms with Crippen molar-refractivity contribution < 1.29 is 12.2 Å². The summed E-state index contributed by atoms with van der Waals surface area (Å²) >= 11 is -1.10. The molecule has 0 saturated carbocycles. The molecule has 4 nitrogen and oxygen atoms in total. The quantitative estimate of drug-likeness (QED) is 0.681. The monoisotopic (exact) mass is 247 g/mol. The topological polar surface area (TPSA) is 77.2 Å². The Bertz CT molecular complexity index is 384. The molecular weight excluding hydrogens is 241 g/mol. The minimum absolute atomic E-state index is 0.0425. The van der Waals surface area contributed by atoms with Crippen molar-refractivity contribution in [1.29, 1.82) is 0 Å². The summed E-state index contributed by atoms with van der Waals surface area (Å²) in [6.45, 7) is 0. The first-order chi connectivity index (χ1) is 5.54. The fraction of sp³-hybridized carbons (Fsp3) is 0. The summed E-state index contributed by atoms with van der Waals surface area (Å²) in [6, 6.07) is 5.68. The van der Waals surface area contributed by atoms with E-state index >= 15 is 0 Å². The van der Waals surface area contributed by atoms with Gasteiger partial charge in [0.1, 0.15) is 0 Å².